The largest absolute Gasteiger partial charge is 0.522 e. The Morgan fingerprint density at radius 2 is 2.17 bits per heavy atom. The zero-order chi connectivity index (χ0) is 16.9. The fraction of sp³-hybridized carbons (Fsp3) is 0.375. The first kappa shape index (κ1) is 15.7. The second-order valence-electron chi connectivity index (χ2n) is 5.64. The molecule has 3 heterocycles. The topological polar surface area (TPSA) is 52.0 Å². The van der Waals surface area contributed by atoms with Crippen molar-refractivity contribution in [2.24, 2.45) is 10.1 Å². The molecule has 24 heavy (non-hydrogen) atoms. The molecule has 1 fully saturated rings. The van der Waals surface area contributed by atoms with Gasteiger partial charge in [0, 0.05) is 18.7 Å². The van der Waals surface area contributed by atoms with Crippen molar-refractivity contribution in [1.82, 2.24) is 5.43 Å². The van der Waals surface area contributed by atoms with Gasteiger partial charge in [-0.1, -0.05) is 17.7 Å². The Balaban J connectivity index is 1.90. The molecule has 1 atom stereocenters. The number of amidine groups is 1. The van der Waals surface area contributed by atoms with E-state index in [0.717, 1.165) is 16.6 Å². The number of aryl methyl sites for hydroxylation is 1. The molecule has 0 saturated carbocycles. The van der Waals surface area contributed by atoms with Gasteiger partial charge in [0.2, 0.25) is 5.17 Å². The Hall–Kier alpha value is -1.80. The number of ether oxygens (including phenoxy) is 1. The summed E-state index contributed by atoms with van der Waals surface area (Å²) in [6, 6.07) is 8.52. The number of nitrogens with zero attached hydrogens (tertiary/aromatic N) is 4. The van der Waals surface area contributed by atoms with Crippen molar-refractivity contribution < 1.29 is 14.1 Å². The van der Waals surface area contributed by atoms with Crippen LogP contribution in [0.25, 0.3) is 0 Å². The highest BCUT2D eigenvalue weighted by Crippen LogP contribution is 2.50. The molecule has 0 aromatic heterocycles. The third-order valence-corrected chi connectivity index (χ3v) is 6.62. The molecule has 1 aromatic rings. The molecular formula is C16H19N5OS2+2. The van der Waals surface area contributed by atoms with Gasteiger partial charge in [-0.15, -0.1) is 5.43 Å². The van der Waals surface area contributed by atoms with Crippen LogP contribution in [0, 0.1) is 6.92 Å². The maximum Gasteiger partial charge on any atom is 0.522 e. The predicted octanol–water partition coefficient (Wildman–Crippen LogP) is 2.19. The molecule has 3 aliphatic heterocycles. The van der Waals surface area contributed by atoms with Crippen LogP contribution >= 0.6 is 23.5 Å². The van der Waals surface area contributed by atoms with E-state index in [9.17, 15) is 0 Å². The lowest BCUT2D eigenvalue weighted by molar-refractivity contribution is -0.766. The molecule has 3 aliphatic rings. The highest BCUT2D eigenvalue weighted by Gasteiger charge is 2.75. The average Bonchev–Trinajstić information content (AvgIpc) is 3.15. The Morgan fingerprint density at radius 1 is 1.33 bits per heavy atom. The lowest BCUT2D eigenvalue weighted by atomic mass is 10.0. The number of hydrogen-bond acceptors (Lipinski definition) is 5. The van der Waals surface area contributed by atoms with Gasteiger partial charge in [-0.05, 0) is 30.7 Å². The van der Waals surface area contributed by atoms with Gasteiger partial charge in [-0.2, -0.15) is 0 Å². The molecule has 1 saturated heterocycles. The van der Waals surface area contributed by atoms with Crippen LogP contribution in [0.1, 0.15) is 25.0 Å². The molecule has 0 bridgehead atoms. The van der Waals surface area contributed by atoms with Crippen molar-refractivity contribution in [1.29, 1.82) is 0 Å². The highest BCUT2D eigenvalue weighted by molar-refractivity contribution is 8.30. The van der Waals surface area contributed by atoms with Gasteiger partial charge in [0.25, 0.3) is 5.71 Å². The minimum atomic E-state index is -0.442. The summed E-state index contributed by atoms with van der Waals surface area (Å²) in [5.41, 5.74) is 8.04. The van der Waals surface area contributed by atoms with Crippen LogP contribution in [0.5, 0.6) is 0 Å². The molecule has 0 aliphatic carbocycles. The van der Waals surface area contributed by atoms with Crippen molar-refractivity contribution in [3.63, 3.8) is 0 Å². The molecule has 1 N–H and O–H groups in total. The van der Waals surface area contributed by atoms with Gasteiger partial charge in [0.1, 0.15) is 11.8 Å². The molecule has 6 nitrogen and oxygen atoms in total. The van der Waals surface area contributed by atoms with E-state index in [2.05, 4.69) is 53.2 Å². The predicted molar refractivity (Wildman–Crippen MR) is 100.0 cm³/mol. The standard InChI is InChI=1S/C16H18N5OS2/c1-5-22-15-19-20-11(3)13(12-8-6-7-10(2)9-12)21-16(20,24-15)23-14(17-4)18-21/h6-9H,5H2,1-4H3/q+1/p+1. The van der Waals surface area contributed by atoms with E-state index in [1.54, 1.807) is 30.6 Å². The second-order valence-corrected chi connectivity index (χ2v) is 8.18. The molecule has 4 rings (SSSR count). The minimum Gasteiger partial charge on any atom is -0.469 e. The van der Waals surface area contributed by atoms with Gasteiger partial charge < -0.3 is 4.74 Å². The monoisotopic (exact) mass is 361 g/mol. The highest BCUT2D eigenvalue weighted by atomic mass is 32.2. The van der Waals surface area contributed by atoms with Crippen LogP contribution < -0.4 is 5.43 Å². The molecule has 1 unspecified atom stereocenters. The van der Waals surface area contributed by atoms with Crippen LogP contribution in [-0.2, 0) is 4.74 Å². The Kier molecular flexibility index (Phi) is 3.69. The van der Waals surface area contributed by atoms with Gasteiger partial charge in [-0.3, -0.25) is 4.99 Å². The quantitative estimate of drug-likeness (QED) is 0.821. The summed E-state index contributed by atoms with van der Waals surface area (Å²) in [6.45, 7) is 6.79. The molecule has 1 spiro atoms. The SMILES string of the molecule is CCOC1=N[N+]2=C(C)C(c3cccc(C)c3)=[N+]3NC(=NC)SC23S1. The number of hydrogen-bond donors (Lipinski definition) is 1. The van der Waals surface area contributed by atoms with Gasteiger partial charge in [0.15, 0.2) is 0 Å². The third kappa shape index (κ3) is 2.12. The van der Waals surface area contributed by atoms with E-state index in [0.29, 0.717) is 11.8 Å². The zero-order valence-corrected chi connectivity index (χ0v) is 15.7. The van der Waals surface area contributed by atoms with E-state index in [-0.39, 0.29) is 0 Å². The van der Waals surface area contributed by atoms with Crippen LogP contribution in [-0.4, -0.2) is 49.2 Å². The van der Waals surface area contributed by atoms with Gasteiger partial charge in [0.05, 0.1) is 29.0 Å². The number of rotatable bonds is 2. The Bertz CT molecular complexity index is 858. The molecule has 0 radical (unpaired) electrons. The van der Waals surface area contributed by atoms with E-state index < -0.39 is 4.33 Å². The second kappa shape index (κ2) is 5.63. The lowest BCUT2D eigenvalue weighted by Crippen LogP contribution is -2.40. The van der Waals surface area contributed by atoms with Crippen LogP contribution in [0.2, 0.25) is 0 Å². The van der Waals surface area contributed by atoms with Crippen LogP contribution in [0.15, 0.2) is 34.4 Å². The summed E-state index contributed by atoms with van der Waals surface area (Å²) in [5.74, 6) is 0. The van der Waals surface area contributed by atoms with Crippen LogP contribution in [0.4, 0.5) is 0 Å². The summed E-state index contributed by atoms with van der Waals surface area (Å²) in [7, 11) is 1.80. The molecular weight excluding hydrogens is 342 g/mol. The fourth-order valence-corrected chi connectivity index (χ4v) is 5.65. The van der Waals surface area contributed by atoms with E-state index in [4.69, 9.17) is 9.84 Å². The minimum absolute atomic E-state index is 0.442. The Morgan fingerprint density at radius 3 is 2.88 bits per heavy atom. The molecule has 124 valence electrons. The first-order valence-electron chi connectivity index (χ1n) is 7.80. The summed E-state index contributed by atoms with van der Waals surface area (Å²) in [4.78, 5) is 4.34. The molecule has 1 aromatic carbocycles. The zero-order valence-electron chi connectivity index (χ0n) is 14.0. The Labute approximate surface area is 149 Å². The molecule has 8 heteroatoms. The number of nitrogens with one attached hydrogen (secondary N) is 1. The maximum atomic E-state index is 5.66. The summed E-state index contributed by atoms with van der Waals surface area (Å²) >= 11 is 3.26. The van der Waals surface area contributed by atoms with E-state index in [1.165, 1.54) is 11.1 Å². The normalized spacial score (nSPS) is 26.7. The number of hydrazone groups is 2. The van der Waals surface area contributed by atoms with Crippen molar-refractivity contribution in [2.75, 3.05) is 13.7 Å². The lowest BCUT2D eigenvalue weighted by Gasteiger charge is -2.04. The van der Waals surface area contributed by atoms with Crippen LogP contribution in [0.3, 0.4) is 0 Å². The summed E-state index contributed by atoms with van der Waals surface area (Å²) in [5, 5.41) is 6.26. The number of aliphatic imine (C=N–C) groups is 1. The van der Waals surface area contributed by atoms with Crippen molar-refractivity contribution in [3.8, 4) is 0 Å². The van der Waals surface area contributed by atoms with Gasteiger partial charge >= 0.3 is 15.3 Å². The summed E-state index contributed by atoms with van der Waals surface area (Å²) in [6.07, 6.45) is 0. The number of hydrazine groups is 1. The van der Waals surface area contributed by atoms with E-state index >= 15 is 0 Å². The molecule has 0 amide bonds. The van der Waals surface area contributed by atoms with E-state index in [1.807, 2.05) is 11.6 Å². The number of benzene rings is 1. The average molecular weight is 361 g/mol. The van der Waals surface area contributed by atoms with Crippen molar-refractivity contribution in [3.05, 3.63) is 35.4 Å². The third-order valence-electron chi connectivity index (χ3n) is 4.04. The smallest absolute Gasteiger partial charge is 0.469 e. The summed E-state index contributed by atoms with van der Waals surface area (Å²) < 4.78 is 9.41. The van der Waals surface area contributed by atoms with Crippen molar-refractivity contribution >= 4 is 45.3 Å². The first-order chi connectivity index (χ1) is 11.6. The fourth-order valence-electron chi connectivity index (χ4n) is 3.04. The maximum absolute atomic E-state index is 5.66. The van der Waals surface area contributed by atoms with Crippen molar-refractivity contribution in [2.45, 2.75) is 25.1 Å². The first-order valence-corrected chi connectivity index (χ1v) is 9.43. The van der Waals surface area contributed by atoms with Gasteiger partial charge in [-0.25, -0.2) is 0 Å². The number of thioether (sulfide) groups is 2.